The summed E-state index contributed by atoms with van der Waals surface area (Å²) in [4.78, 5) is 11.0. The highest BCUT2D eigenvalue weighted by molar-refractivity contribution is 7.98. The van der Waals surface area contributed by atoms with Crippen LogP contribution >= 0.6 is 11.8 Å². The number of carboxylic acids is 1. The van der Waals surface area contributed by atoms with Crippen molar-refractivity contribution in [3.05, 3.63) is 17.5 Å². The predicted octanol–water partition coefficient (Wildman–Crippen LogP) is 0.609. The Hall–Kier alpha value is -1.06. The fourth-order valence-corrected chi connectivity index (χ4v) is 3.14. The Balaban J connectivity index is 2.68. The summed E-state index contributed by atoms with van der Waals surface area (Å²) in [7, 11) is -3.76. The van der Waals surface area contributed by atoms with E-state index < -0.39 is 27.8 Å². The number of carboxylic acid groups (broad SMARTS) is 1. The number of carbonyl (C=O) groups is 1. The fourth-order valence-electron chi connectivity index (χ4n) is 1.41. The van der Waals surface area contributed by atoms with E-state index in [2.05, 4.69) is 9.88 Å². The molecule has 108 valence electrons. The van der Waals surface area contributed by atoms with Crippen LogP contribution in [0, 0.1) is 6.92 Å². The van der Waals surface area contributed by atoms with Crippen LogP contribution in [0.25, 0.3) is 0 Å². The highest BCUT2D eigenvalue weighted by Gasteiger charge is 2.24. The van der Waals surface area contributed by atoms with Crippen molar-refractivity contribution in [3.8, 4) is 0 Å². The summed E-state index contributed by atoms with van der Waals surface area (Å²) in [5.41, 5.74) is 0.249. The van der Waals surface area contributed by atoms with E-state index in [1.165, 1.54) is 17.8 Å². The van der Waals surface area contributed by atoms with E-state index in [1.807, 2.05) is 6.26 Å². The normalized spacial score (nSPS) is 13.4. The van der Waals surface area contributed by atoms with Crippen molar-refractivity contribution in [2.45, 2.75) is 25.1 Å². The summed E-state index contributed by atoms with van der Waals surface area (Å²) >= 11 is 1.46. The van der Waals surface area contributed by atoms with Crippen molar-refractivity contribution < 1.29 is 22.8 Å². The lowest BCUT2D eigenvalue weighted by atomic mass is 10.2. The van der Waals surface area contributed by atoms with Crippen LogP contribution in [0.3, 0.4) is 0 Å². The maximum atomic E-state index is 11.8. The molecular formula is C10H16N2O5S2. The van der Waals surface area contributed by atoms with Crippen LogP contribution in [0.2, 0.25) is 0 Å². The van der Waals surface area contributed by atoms with Crippen LogP contribution < -0.4 is 4.72 Å². The van der Waals surface area contributed by atoms with E-state index in [1.54, 1.807) is 6.92 Å². The quantitative estimate of drug-likeness (QED) is 0.724. The molecular weight excluding hydrogens is 292 g/mol. The first-order valence-corrected chi connectivity index (χ1v) is 8.52. The Kier molecular flexibility index (Phi) is 5.83. The average molecular weight is 308 g/mol. The number of nitrogens with zero attached hydrogens (tertiary/aromatic N) is 1. The predicted molar refractivity (Wildman–Crippen MR) is 71.4 cm³/mol. The number of aryl methyl sites for hydroxylation is 1. The van der Waals surface area contributed by atoms with Crippen molar-refractivity contribution in [1.82, 2.24) is 9.88 Å². The van der Waals surface area contributed by atoms with Gasteiger partial charge in [-0.3, -0.25) is 4.79 Å². The van der Waals surface area contributed by atoms with Crippen molar-refractivity contribution in [1.29, 1.82) is 0 Å². The first kappa shape index (κ1) is 16.0. The molecule has 0 saturated carbocycles. The van der Waals surface area contributed by atoms with E-state index in [0.717, 1.165) is 0 Å². The Bertz CT molecular complexity index is 526. The number of aliphatic carboxylic acids is 1. The number of nitrogens with one attached hydrogen (secondary N) is 1. The molecule has 1 rings (SSSR count). The summed E-state index contributed by atoms with van der Waals surface area (Å²) in [6.45, 7) is 1.65. The van der Waals surface area contributed by atoms with E-state index in [-0.39, 0.29) is 12.1 Å². The van der Waals surface area contributed by atoms with Crippen molar-refractivity contribution in [3.63, 3.8) is 0 Å². The zero-order chi connectivity index (χ0) is 14.5. The van der Waals surface area contributed by atoms with Gasteiger partial charge in [0.05, 0.1) is 0 Å². The molecule has 0 aliphatic rings. The van der Waals surface area contributed by atoms with Gasteiger partial charge in [0.15, 0.2) is 0 Å². The third-order valence-corrected chi connectivity index (χ3v) is 4.21. The maximum Gasteiger partial charge on any atom is 0.321 e. The molecule has 2 N–H and O–H groups in total. The van der Waals surface area contributed by atoms with Gasteiger partial charge >= 0.3 is 5.97 Å². The molecule has 0 aliphatic carbocycles. The second-order valence-electron chi connectivity index (χ2n) is 3.98. The number of aromatic nitrogens is 1. The third-order valence-electron chi connectivity index (χ3n) is 2.25. The molecule has 1 aromatic heterocycles. The first-order chi connectivity index (χ1) is 8.84. The zero-order valence-corrected chi connectivity index (χ0v) is 12.3. The number of hydrogen-bond donors (Lipinski definition) is 2. The average Bonchev–Trinajstić information content (AvgIpc) is 2.68. The summed E-state index contributed by atoms with van der Waals surface area (Å²) in [5, 5.41) is 12.5. The molecule has 0 amide bonds. The van der Waals surface area contributed by atoms with Crippen LogP contribution in [-0.4, -0.2) is 42.7 Å². The Morgan fingerprint density at radius 1 is 1.63 bits per heavy atom. The van der Waals surface area contributed by atoms with Gasteiger partial charge in [0.2, 0.25) is 10.0 Å². The molecule has 0 bridgehead atoms. The monoisotopic (exact) mass is 308 g/mol. The summed E-state index contributed by atoms with van der Waals surface area (Å²) in [6, 6.07) is 0.377. The number of thioether (sulfide) groups is 1. The number of rotatable bonds is 8. The lowest BCUT2D eigenvalue weighted by molar-refractivity contribution is -0.139. The zero-order valence-electron chi connectivity index (χ0n) is 10.6. The lowest BCUT2D eigenvalue weighted by Crippen LogP contribution is -2.41. The van der Waals surface area contributed by atoms with Gasteiger partial charge in [-0.2, -0.15) is 11.8 Å². The second kappa shape index (κ2) is 6.92. The molecule has 0 aliphatic heterocycles. The number of sulfonamides is 1. The van der Waals surface area contributed by atoms with E-state index >= 15 is 0 Å². The van der Waals surface area contributed by atoms with Crippen molar-refractivity contribution in [2.75, 3.05) is 12.0 Å². The van der Waals surface area contributed by atoms with Gasteiger partial charge in [-0.15, -0.1) is 0 Å². The minimum atomic E-state index is -3.76. The molecule has 1 heterocycles. The minimum absolute atomic E-state index is 0.230. The van der Waals surface area contributed by atoms with Gasteiger partial charge in [-0.05, 0) is 25.4 Å². The lowest BCUT2D eigenvalue weighted by Gasteiger charge is -2.13. The summed E-state index contributed by atoms with van der Waals surface area (Å²) < 4.78 is 30.6. The first-order valence-electron chi connectivity index (χ1n) is 5.48. The molecule has 1 atom stereocenters. The van der Waals surface area contributed by atoms with Gasteiger partial charge < -0.3 is 9.63 Å². The highest BCUT2D eigenvalue weighted by Crippen LogP contribution is 2.08. The van der Waals surface area contributed by atoms with Gasteiger partial charge in [-0.25, -0.2) is 13.1 Å². The van der Waals surface area contributed by atoms with E-state index in [9.17, 15) is 13.2 Å². The van der Waals surface area contributed by atoms with Crippen LogP contribution in [-0.2, 0) is 20.6 Å². The molecule has 0 spiro atoms. The van der Waals surface area contributed by atoms with Gasteiger partial charge in [0.25, 0.3) is 0 Å². The fraction of sp³-hybridized carbons (Fsp3) is 0.600. The van der Waals surface area contributed by atoms with Crippen molar-refractivity contribution >= 4 is 27.8 Å². The second-order valence-corrected chi connectivity index (χ2v) is 6.72. The molecule has 1 unspecified atom stereocenters. The Morgan fingerprint density at radius 3 is 2.79 bits per heavy atom. The molecule has 19 heavy (non-hydrogen) atoms. The van der Waals surface area contributed by atoms with Crippen LogP contribution in [0.4, 0.5) is 0 Å². The standard InChI is InChI=1S/C10H16N2O5S2/c1-7-5-8(11-17-7)6-19(15,16)12-9(10(13)14)3-4-18-2/h5,9,12H,3-4,6H2,1-2H3,(H,13,14). The van der Waals surface area contributed by atoms with Crippen molar-refractivity contribution in [2.24, 2.45) is 0 Å². The van der Waals surface area contributed by atoms with Gasteiger partial charge in [0.1, 0.15) is 23.2 Å². The Morgan fingerprint density at radius 2 is 2.32 bits per heavy atom. The van der Waals surface area contributed by atoms with E-state index in [4.69, 9.17) is 9.63 Å². The SMILES string of the molecule is CSCCC(NS(=O)(=O)Cc1cc(C)on1)C(=O)O. The number of hydrogen-bond acceptors (Lipinski definition) is 6. The van der Waals surface area contributed by atoms with Crippen LogP contribution in [0.15, 0.2) is 10.6 Å². The molecule has 0 fully saturated rings. The third kappa shape index (κ3) is 5.62. The van der Waals surface area contributed by atoms with E-state index in [0.29, 0.717) is 11.5 Å². The molecule has 7 nitrogen and oxygen atoms in total. The van der Waals surface area contributed by atoms with Crippen LogP contribution in [0.1, 0.15) is 17.9 Å². The Labute approximate surface area is 115 Å². The molecule has 1 aromatic rings. The topological polar surface area (TPSA) is 110 Å². The smallest absolute Gasteiger partial charge is 0.321 e. The van der Waals surface area contributed by atoms with Crippen LogP contribution in [0.5, 0.6) is 0 Å². The largest absolute Gasteiger partial charge is 0.480 e. The maximum absolute atomic E-state index is 11.8. The highest BCUT2D eigenvalue weighted by atomic mass is 32.2. The molecule has 0 radical (unpaired) electrons. The minimum Gasteiger partial charge on any atom is -0.480 e. The van der Waals surface area contributed by atoms with Gasteiger partial charge in [-0.1, -0.05) is 5.16 Å². The molecule has 9 heteroatoms. The summed E-state index contributed by atoms with van der Waals surface area (Å²) in [6.07, 6.45) is 2.05. The van der Waals surface area contributed by atoms with Gasteiger partial charge in [0, 0.05) is 6.07 Å². The summed E-state index contributed by atoms with van der Waals surface area (Å²) in [5.74, 6) is -0.521. The molecule has 0 aromatic carbocycles. The molecule has 0 saturated heterocycles.